The summed E-state index contributed by atoms with van der Waals surface area (Å²) in [7, 11) is 3.49. The molecule has 2 heterocycles. The normalized spacial score (nSPS) is 21.7. The summed E-state index contributed by atoms with van der Waals surface area (Å²) in [4.78, 5) is 11.6. The predicted molar refractivity (Wildman–Crippen MR) is 81.0 cm³/mol. The van der Waals surface area contributed by atoms with Crippen LogP contribution in [0.5, 0.6) is 0 Å². The molecule has 2 unspecified atom stereocenters. The number of hydrogen-bond acceptors (Lipinski definition) is 5. The summed E-state index contributed by atoms with van der Waals surface area (Å²) < 4.78 is 12.6. The Morgan fingerprint density at radius 1 is 1.45 bits per heavy atom. The van der Waals surface area contributed by atoms with Gasteiger partial charge in [-0.2, -0.15) is 5.10 Å². The number of hydrogen-bond donors (Lipinski definition) is 1. The molecule has 0 radical (unpaired) electrons. The van der Waals surface area contributed by atoms with Crippen LogP contribution in [0.4, 0.5) is 0 Å². The molecule has 0 amide bonds. The molecule has 0 bridgehead atoms. The Bertz CT molecular complexity index is 696. The molecular formula is C16H19N3O3. The van der Waals surface area contributed by atoms with Crippen LogP contribution in [-0.4, -0.2) is 35.6 Å². The summed E-state index contributed by atoms with van der Waals surface area (Å²) in [6.45, 7) is 2.18. The van der Waals surface area contributed by atoms with Crippen LogP contribution in [0.25, 0.3) is 11.3 Å². The first-order valence-electron chi connectivity index (χ1n) is 7.14. The summed E-state index contributed by atoms with van der Waals surface area (Å²) in [6.07, 6.45) is 1.16. The van der Waals surface area contributed by atoms with Crippen LogP contribution in [0.3, 0.4) is 0 Å². The summed E-state index contributed by atoms with van der Waals surface area (Å²) in [5, 5.41) is 7.51. The number of ether oxygens (including phenoxy) is 2. The lowest BCUT2D eigenvalue weighted by Gasteiger charge is -2.31. The average molecular weight is 301 g/mol. The summed E-state index contributed by atoms with van der Waals surface area (Å²) in [6, 6.07) is 7.86. The van der Waals surface area contributed by atoms with Crippen molar-refractivity contribution in [2.45, 2.75) is 19.3 Å². The Morgan fingerprint density at radius 3 is 2.95 bits per heavy atom. The lowest BCUT2D eigenvalue weighted by molar-refractivity contribution is -0.168. The molecule has 1 aliphatic rings. The molecule has 2 aromatic rings. The number of nitrogens with zero attached hydrogens (tertiary/aromatic N) is 2. The highest BCUT2D eigenvalue weighted by atomic mass is 16.6. The Kier molecular flexibility index (Phi) is 3.96. The lowest BCUT2D eigenvalue weighted by Crippen LogP contribution is -2.47. The maximum atomic E-state index is 11.6. The quantitative estimate of drug-likeness (QED) is 0.872. The van der Waals surface area contributed by atoms with E-state index < -0.39 is 6.10 Å². The second-order valence-corrected chi connectivity index (χ2v) is 5.41. The highest BCUT2D eigenvalue weighted by Crippen LogP contribution is 2.29. The van der Waals surface area contributed by atoms with Crippen molar-refractivity contribution in [2.75, 3.05) is 13.7 Å². The predicted octanol–water partition coefficient (Wildman–Crippen LogP) is 1.56. The zero-order valence-electron chi connectivity index (χ0n) is 12.9. The molecule has 0 spiro atoms. The molecule has 0 aliphatic carbocycles. The fourth-order valence-electron chi connectivity index (χ4n) is 2.74. The first-order chi connectivity index (χ1) is 10.6. The number of morpholine rings is 1. The molecule has 116 valence electrons. The van der Waals surface area contributed by atoms with Gasteiger partial charge in [0.05, 0.1) is 12.2 Å². The standard InChI is InChI=1S/C16H19N3O3/c1-10-9-19(2)18-14(10)11-5-4-6-12(7-11)15-16(21-3)17-8-13(20)22-15/h4-7,9,15-17H,8H2,1-3H3. The van der Waals surface area contributed by atoms with Crippen molar-refractivity contribution in [2.24, 2.45) is 7.05 Å². The molecule has 0 saturated carbocycles. The molecule has 6 heteroatoms. The van der Waals surface area contributed by atoms with Crippen molar-refractivity contribution < 1.29 is 14.3 Å². The number of aryl methyl sites for hydroxylation is 2. The van der Waals surface area contributed by atoms with Crippen molar-refractivity contribution >= 4 is 5.97 Å². The second-order valence-electron chi connectivity index (χ2n) is 5.41. The maximum Gasteiger partial charge on any atom is 0.320 e. The first kappa shape index (κ1) is 14.7. The van der Waals surface area contributed by atoms with Crippen LogP contribution in [0.1, 0.15) is 17.2 Å². The number of cyclic esters (lactones) is 1. The third-order valence-corrected chi connectivity index (χ3v) is 3.74. The van der Waals surface area contributed by atoms with E-state index >= 15 is 0 Å². The molecule has 22 heavy (non-hydrogen) atoms. The van der Waals surface area contributed by atoms with Crippen molar-refractivity contribution in [1.82, 2.24) is 15.1 Å². The van der Waals surface area contributed by atoms with Crippen LogP contribution in [0.2, 0.25) is 0 Å². The molecular weight excluding hydrogens is 282 g/mol. The first-order valence-corrected chi connectivity index (χ1v) is 7.14. The molecule has 1 aromatic heterocycles. The fraction of sp³-hybridized carbons (Fsp3) is 0.375. The van der Waals surface area contributed by atoms with Crippen molar-refractivity contribution in [3.8, 4) is 11.3 Å². The number of rotatable bonds is 3. The number of methoxy groups -OCH3 is 1. The minimum absolute atomic E-state index is 0.161. The van der Waals surface area contributed by atoms with Crippen LogP contribution in [0, 0.1) is 6.92 Å². The van der Waals surface area contributed by atoms with Gasteiger partial charge >= 0.3 is 5.97 Å². The van der Waals surface area contributed by atoms with Gasteiger partial charge in [0.2, 0.25) is 0 Å². The van der Waals surface area contributed by atoms with Gasteiger partial charge in [0.15, 0.2) is 6.10 Å². The lowest BCUT2D eigenvalue weighted by atomic mass is 10.0. The Morgan fingerprint density at radius 2 is 2.27 bits per heavy atom. The van der Waals surface area contributed by atoms with Crippen molar-refractivity contribution in [1.29, 1.82) is 0 Å². The number of aromatic nitrogens is 2. The average Bonchev–Trinajstić information content (AvgIpc) is 2.86. The van der Waals surface area contributed by atoms with E-state index in [1.165, 1.54) is 0 Å². The maximum absolute atomic E-state index is 11.6. The SMILES string of the molecule is COC1NCC(=O)OC1c1cccc(-c2nn(C)cc2C)c1. The molecule has 1 N–H and O–H groups in total. The third kappa shape index (κ3) is 2.75. The van der Waals surface area contributed by atoms with Gasteiger partial charge in [-0.15, -0.1) is 0 Å². The zero-order valence-corrected chi connectivity index (χ0v) is 12.9. The summed E-state index contributed by atoms with van der Waals surface area (Å²) in [5.74, 6) is -0.280. The number of esters is 1. The Labute approximate surface area is 129 Å². The number of carbonyl (C=O) groups excluding carboxylic acids is 1. The van der Waals surface area contributed by atoms with Gasteiger partial charge in [0.25, 0.3) is 0 Å². The molecule has 1 fully saturated rings. The van der Waals surface area contributed by atoms with E-state index in [-0.39, 0.29) is 18.7 Å². The van der Waals surface area contributed by atoms with Crippen LogP contribution in [-0.2, 0) is 21.3 Å². The monoisotopic (exact) mass is 301 g/mol. The highest BCUT2D eigenvalue weighted by Gasteiger charge is 2.31. The fourth-order valence-corrected chi connectivity index (χ4v) is 2.74. The van der Waals surface area contributed by atoms with Gasteiger partial charge in [0.1, 0.15) is 6.23 Å². The summed E-state index contributed by atoms with van der Waals surface area (Å²) in [5.41, 5.74) is 3.90. The van der Waals surface area contributed by atoms with E-state index in [2.05, 4.69) is 10.4 Å². The van der Waals surface area contributed by atoms with Crippen molar-refractivity contribution in [3.63, 3.8) is 0 Å². The minimum Gasteiger partial charge on any atom is -0.452 e. The second kappa shape index (κ2) is 5.90. The molecule has 6 nitrogen and oxygen atoms in total. The van der Waals surface area contributed by atoms with Gasteiger partial charge in [-0.1, -0.05) is 18.2 Å². The third-order valence-electron chi connectivity index (χ3n) is 3.74. The van der Waals surface area contributed by atoms with E-state index in [4.69, 9.17) is 9.47 Å². The largest absolute Gasteiger partial charge is 0.452 e. The topological polar surface area (TPSA) is 65.4 Å². The smallest absolute Gasteiger partial charge is 0.320 e. The van der Waals surface area contributed by atoms with Crippen LogP contribution < -0.4 is 5.32 Å². The van der Waals surface area contributed by atoms with Crippen LogP contribution in [0.15, 0.2) is 30.5 Å². The van der Waals surface area contributed by atoms with Gasteiger partial charge in [0, 0.05) is 25.9 Å². The van der Waals surface area contributed by atoms with E-state index in [1.807, 2.05) is 44.4 Å². The van der Waals surface area contributed by atoms with E-state index in [9.17, 15) is 4.79 Å². The molecule has 3 rings (SSSR count). The highest BCUT2D eigenvalue weighted by molar-refractivity contribution is 5.73. The van der Waals surface area contributed by atoms with Gasteiger partial charge in [-0.05, 0) is 24.1 Å². The van der Waals surface area contributed by atoms with Crippen LogP contribution >= 0.6 is 0 Å². The van der Waals surface area contributed by atoms with Gasteiger partial charge in [-0.3, -0.25) is 14.8 Å². The molecule has 1 aromatic carbocycles. The van der Waals surface area contributed by atoms with Gasteiger partial charge in [-0.25, -0.2) is 0 Å². The summed E-state index contributed by atoms with van der Waals surface area (Å²) >= 11 is 0. The van der Waals surface area contributed by atoms with E-state index in [1.54, 1.807) is 11.8 Å². The molecule has 1 saturated heterocycles. The van der Waals surface area contributed by atoms with Crippen molar-refractivity contribution in [3.05, 3.63) is 41.6 Å². The number of benzene rings is 1. The Balaban J connectivity index is 1.96. The van der Waals surface area contributed by atoms with Gasteiger partial charge < -0.3 is 9.47 Å². The minimum atomic E-state index is -0.463. The number of nitrogens with one attached hydrogen (secondary N) is 1. The molecule has 2 atom stereocenters. The molecule has 1 aliphatic heterocycles. The van der Waals surface area contributed by atoms with E-state index in [0.717, 1.165) is 22.4 Å². The number of carbonyl (C=O) groups is 1. The zero-order chi connectivity index (χ0) is 15.7. The van der Waals surface area contributed by atoms with E-state index in [0.29, 0.717) is 0 Å². The Hall–Kier alpha value is -2.18.